The Kier molecular flexibility index (Phi) is 5.39. The van der Waals surface area contributed by atoms with E-state index < -0.39 is 0 Å². The number of allylic oxidation sites excluding steroid dienone is 6. The topological polar surface area (TPSA) is 46.5 Å². The Bertz CT molecular complexity index is 892. The van der Waals surface area contributed by atoms with Crippen LogP contribution in [0.25, 0.3) is 5.70 Å². The lowest BCUT2D eigenvalue weighted by Crippen LogP contribution is -2.58. The number of piperidine rings is 1. The summed E-state index contributed by atoms with van der Waals surface area (Å²) in [4.78, 5) is 14.6. The highest BCUT2D eigenvalue weighted by Crippen LogP contribution is 2.42. The average Bonchev–Trinajstić information content (AvgIpc) is 3.24. The Labute approximate surface area is 173 Å². The lowest BCUT2D eigenvalue weighted by atomic mass is 9.79. The number of nitrogens with zero attached hydrogens (tertiary/aromatic N) is 2. The Balaban J connectivity index is 1.48. The maximum Gasteiger partial charge on any atom is 0.410 e. The number of hydrogen-bond acceptors (Lipinski definition) is 3. The molecule has 5 nitrogen and oxygen atoms in total. The van der Waals surface area contributed by atoms with Crippen LogP contribution >= 0.6 is 0 Å². The van der Waals surface area contributed by atoms with E-state index in [1.165, 1.54) is 11.4 Å². The van der Waals surface area contributed by atoms with Gasteiger partial charge in [0, 0.05) is 30.4 Å². The minimum absolute atomic E-state index is 0.0964. The normalized spacial score (nSPS) is 31.2. The van der Waals surface area contributed by atoms with E-state index in [1.54, 1.807) is 0 Å². The number of aromatic nitrogens is 1. The third-order valence-corrected chi connectivity index (χ3v) is 6.39. The van der Waals surface area contributed by atoms with Gasteiger partial charge in [0.2, 0.25) is 0 Å². The first kappa shape index (κ1) is 19.6. The molecule has 0 bridgehead atoms. The number of carbonyl (C=O) groups excluding carboxylic acids is 1. The van der Waals surface area contributed by atoms with Crippen molar-refractivity contribution < 1.29 is 9.53 Å². The molecule has 0 saturated carbocycles. The summed E-state index contributed by atoms with van der Waals surface area (Å²) in [6.07, 6.45) is 17.2. The summed E-state index contributed by atoms with van der Waals surface area (Å²) in [6.45, 7) is 7.39. The first-order chi connectivity index (χ1) is 14.1. The number of ether oxygens (including phenoxy) is 1. The fourth-order valence-electron chi connectivity index (χ4n) is 4.89. The predicted octanol–water partition coefficient (Wildman–Crippen LogP) is 4.80. The number of fused-ring (bicyclic) bond motifs is 2. The lowest BCUT2D eigenvalue weighted by Gasteiger charge is -2.49. The molecule has 1 aliphatic carbocycles. The van der Waals surface area contributed by atoms with Gasteiger partial charge in [-0.25, -0.2) is 4.79 Å². The second kappa shape index (κ2) is 7.97. The summed E-state index contributed by atoms with van der Waals surface area (Å²) < 4.78 is 7.94. The Morgan fingerprint density at radius 2 is 2.21 bits per heavy atom. The smallest absolute Gasteiger partial charge is 0.410 e. The highest BCUT2D eigenvalue weighted by molar-refractivity contribution is 5.69. The third kappa shape index (κ3) is 3.54. The Morgan fingerprint density at radius 3 is 2.90 bits per heavy atom. The molecule has 1 fully saturated rings. The summed E-state index contributed by atoms with van der Waals surface area (Å²) in [5.74, 6) is 0.287. The number of amides is 1. The van der Waals surface area contributed by atoms with Crippen molar-refractivity contribution in [1.29, 1.82) is 0 Å². The van der Waals surface area contributed by atoms with Crippen LogP contribution in [0.2, 0.25) is 0 Å². The summed E-state index contributed by atoms with van der Waals surface area (Å²) in [5, 5.41) is 3.81. The SMILES string of the molecule is C/C=C1/NC2(CCN(C(=O)OCC3C=CC=CC3)C(C)C2)c2cccn2/C1=C/C. The van der Waals surface area contributed by atoms with E-state index in [1.807, 2.05) is 17.1 Å². The van der Waals surface area contributed by atoms with Gasteiger partial charge in [-0.1, -0.05) is 36.5 Å². The van der Waals surface area contributed by atoms with Crippen molar-refractivity contribution in [2.45, 2.75) is 51.6 Å². The zero-order chi connectivity index (χ0) is 20.4. The van der Waals surface area contributed by atoms with Crippen molar-refractivity contribution in [2.24, 2.45) is 5.92 Å². The maximum atomic E-state index is 12.8. The minimum Gasteiger partial charge on any atom is -0.449 e. The number of hydrogen-bond donors (Lipinski definition) is 1. The zero-order valence-electron chi connectivity index (χ0n) is 17.6. The highest BCUT2D eigenvalue weighted by Gasteiger charge is 2.46. The van der Waals surface area contributed by atoms with Gasteiger partial charge in [-0.2, -0.15) is 0 Å². The van der Waals surface area contributed by atoms with Crippen molar-refractivity contribution in [3.63, 3.8) is 0 Å². The molecule has 3 heterocycles. The molecule has 5 heteroatoms. The van der Waals surface area contributed by atoms with Gasteiger partial charge in [-0.15, -0.1) is 0 Å². The van der Waals surface area contributed by atoms with E-state index >= 15 is 0 Å². The van der Waals surface area contributed by atoms with Crippen LogP contribution in [0.15, 0.2) is 60.5 Å². The van der Waals surface area contributed by atoms with Crippen LogP contribution in [0.1, 0.15) is 45.7 Å². The second-order valence-corrected chi connectivity index (χ2v) is 8.23. The molecule has 1 spiro atoms. The zero-order valence-corrected chi connectivity index (χ0v) is 17.6. The first-order valence-electron chi connectivity index (χ1n) is 10.6. The Morgan fingerprint density at radius 1 is 1.34 bits per heavy atom. The number of likely N-dealkylation sites (tertiary alicyclic amines) is 1. The van der Waals surface area contributed by atoms with Crippen molar-refractivity contribution in [3.05, 3.63) is 66.2 Å². The van der Waals surface area contributed by atoms with Crippen LogP contribution in [-0.4, -0.2) is 34.8 Å². The minimum atomic E-state index is -0.193. The van der Waals surface area contributed by atoms with E-state index in [0.29, 0.717) is 13.2 Å². The molecule has 154 valence electrons. The van der Waals surface area contributed by atoms with Gasteiger partial charge in [0.05, 0.1) is 23.5 Å². The van der Waals surface area contributed by atoms with E-state index in [2.05, 4.69) is 73.3 Å². The quantitative estimate of drug-likeness (QED) is 0.785. The van der Waals surface area contributed by atoms with Crippen LogP contribution in [0, 0.1) is 5.92 Å². The largest absolute Gasteiger partial charge is 0.449 e. The van der Waals surface area contributed by atoms with Gasteiger partial charge in [-0.05, 0) is 52.2 Å². The van der Waals surface area contributed by atoms with Crippen LogP contribution in [0.5, 0.6) is 0 Å². The highest BCUT2D eigenvalue weighted by atomic mass is 16.6. The summed E-state index contributed by atoms with van der Waals surface area (Å²) in [7, 11) is 0. The molecule has 1 amide bonds. The van der Waals surface area contributed by atoms with Gasteiger partial charge in [-0.3, -0.25) is 0 Å². The monoisotopic (exact) mass is 393 g/mol. The summed E-state index contributed by atoms with van der Waals surface area (Å²) in [5.41, 5.74) is 3.44. The van der Waals surface area contributed by atoms with E-state index in [9.17, 15) is 4.79 Å². The van der Waals surface area contributed by atoms with Crippen LogP contribution in [0.4, 0.5) is 4.79 Å². The molecule has 1 N–H and O–H groups in total. The van der Waals surface area contributed by atoms with Crippen molar-refractivity contribution >= 4 is 11.8 Å². The van der Waals surface area contributed by atoms with Crippen LogP contribution < -0.4 is 5.32 Å². The summed E-state index contributed by atoms with van der Waals surface area (Å²) >= 11 is 0. The van der Waals surface area contributed by atoms with Gasteiger partial charge in [0.1, 0.15) is 0 Å². The van der Waals surface area contributed by atoms with Gasteiger partial charge >= 0.3 is 6.09 Å². The molecule has 3 aliphatic rings. The molecule has 3 atom stereocenters. The van der Waals surface area contributed by atoms with Crippen molar-refractivity contribution in [3.8, 4) is 0 Å². The van der Waals surface area contributed by atoms with E-state index in [4.69, 9.17) is 4.74 Å². The number of rotatable bonds is 2. The maximum absolute atomic E-state index is 12.8. The second-order valence-electron chi connectivity index (χ2n) is 8.23. The van der Waals surface area contributed by atoms with E-state index in [-0.39, 0.29) is 23.6 Å². The molecular formula is C24H31N3O2. The van der Waals surface area contributed by atoms with E-state index in [0.717, 1.165) is 25.0 Å². The molecule has 1 aromatic heterocycles. The Hall–Kier alpha value is -2.69. The molecule has 0 radical (unpaired) electrons. The van der Waals surface area contributed by atoms with Crippen molar-refractivity contribution in [2.75, 3.05) is 13.2 Å². The average molecular weight is 394 g/mol. The van der Waals surface area contributed by atoms with Gasteiger partial charge < -0.3 is 19.5 Å². The summed E-state index contributed by atoms with van der Waals surface area (Å²) in [6, 6.07) is 4.41. The standard InChI is InChI=1S/C24H31N3O2/c1-4-20-21(5-2)27-14-9-12-22(27)24(25-20)13-15-26(18(3)16-24)23(28)29-17-19-10-7-6-8-11-19/h4-10,12,14,18-19,25H,11,13,15-17H2,1-3H3/b20-4+,21-5+. The molecule has 3 unspecified atom stereocenters. The molecule has 4 rings (SSSR count). The van der Waals surface area contributed by atoms with Crippen LogP contribution in [0.3, 0.4) is 0 Å². The van der Waals surface area contributed by atoms with Gasteiger partial charge in [0.15, 0.2) is 0 Å². The molecule has 1 saturated heterocycles. The fourth-order valence-corrected chi connectivity index (χ4v) is 4.89. The third-order valence-electron chi connectivity index (χ3n) is 6.39. The molecule has 1 aromatic rings. The molecular weight excluding hydrogens is 362 g/mol. The van der Waals surface area contributed by atoms with Crippen LogP contribution in [-0.2, 0) is 10.3 Å². The molecule has 2 aliphatic heterocycles. The number of carbonyl (C=O) groups is 1. The number of nitrogens with one attached hydrogen (secondary N) is 1. The molecule has 29 heavy (non-hydrogen) atoms. The molecule has 0 aromatic carbocycles. The van der Waals surface area contributed by atoms with Gasteiger partial charge in [0.25, 0.3) is 0 Å². The fraction of sp³-hybridized carbons (Fsp3) is 0.458. The predicted molar refractivity (Wildman–Crippen MR) is 116 cm³/mol. The first-order valence-corrected chi connectivity index (χ1v) is 10.6. The van der Waals surface area contributed by atoms with Crippen molar-refractivity contribution in [1.82, 2.24) is 14.8 Å². The lowest BCUT2D eigenvalue weighted by molar-refractivity contribution is 0.0470.